The first-order valence-corrected chi connectivity index (χ1v) is 9.86. The number of amidine groups is 1. The van der Waals surface area contributed by atoms with Gasteiger partial charge in [0.2, 0.25) is 5.91 Å². The molecule has 1 aliphatic rings. The molecule has 1 heterocycles. The summed E-state index contributed by atoms with van der Waals surface area (Å²) in [6.07, 6.45) is 0.709. The van der Waals surface area contributed by atoms with Crippen molar-refractivity contribution in [1.29, 1.82) is 5.41 Å². The summed E-state index contributed by atoms with van der Waals surface area (Å²) in [5, 5.41) is 17.4. The minimum atomic E-state index is -0.110. The van der Waals surface area contributed by atoms with Crippen molar-refractivity contribution in [2.75, 3.05) is 32.5 Å². The Morgan fingerprint density at radius 2 is 1.57 bits per heavy atom. The van der Waals surface area contributed by atoms with E-state index in [1.165, 1.54) is 0 Å². The highest BCUT2D eigenvalue weighted by atomic mass is 16.2. The molecule has 1 aliphatic heterocycles. The Morgan fingerprint density at radius 1 is 0.967 bits per heavy atom. The summed E-state index contributed by atoms with van der Waals surface area (Å²) < 4.78 is 0. The average molecular weight is 406 g/mol. The number of rotatable bonds is 5. The zero-order chi connectivity index (χ0) is 21.7. The molecule has 0 unspecified atom stereocenters. The van der Waals surface area contributed by atoms with Crippen LogP contribution in [0.1, 0.15) is 23.7 Å². The van der Waals surface area contributed by atoms with Gasteiger partial charge in [0.1, 0.15) is 5.84 Å². The molecular weight excluding hydrogens is 378 g/mol. The van der Waals surface area contributed by atoms with Gasteiger partial charge in [0.25, 0.3) is 5.91 Å². The zero-order valence-corrected chi connectivity index (χ0v) is 17.5. The van der Waals surface area contributed by atoms with Crippen molar-refractivity contribution in [1.82, 2.24) is 15.5 Å². The normalized spacial score (nSPS) is 13.6. The van der Waals surface area contributed by atoms with Crippen molar-refractivity contribution in [3.05, 3.63) is 65.4 Å². The van der Waals surface area contributed by atoms with Crippen LogP contribution < -0.4 is 16.0 Å². The molecule has 4 N–H and O–H groups in total. The second kappa shape index (κ2) is 9.26. The fraction of sp³-hybridized carbons (Fsp3) is 0.261. The minimum absolute atomic E-state index is 0.0160. The summed E-state index contributed by atoms with van der Waals surface area (Å²) in [7, 11) is 3.45. The number of nitrogens with one attached hydrogen (secondary N) is 4. The topological polar surface area (TPSA) is 97.3 Å². The maximum Gasteiger partial charge on any atom is 0.251 e. The molecule has 0 bridgehead atoms. The molecule has 0 saturated heterocycles. The monoisotopic (exact) mass is 405 g/mol. The summed E-state index contributed by atoms with van der Waals surface area (Å²) in [5.41, 5.74) is 5.23. The Labute approximate surface area is 176 Å². The fourth-order valence-electron chi connectivity index (χ4n) is 3.46. The van der Waals surface area contributed by atoms with E-state index in [9.17, 15) is 9.59 Å². The molecule has 3 rings (SSSR count). The van der Waals surface area contributed by atoms with Crippen LogP contribution in [-0.2, 0) is 4.79 Å². The fourth-order valence-corrected chi connectivity index (χ4v) is 3.46. The van der Waals surface area contributed by atoms with Crippen molar-refractivity contribution in [3.63, 3.8) is 0 Å². The SMILES string of the molecule is CNC(=O)c1ccc(-c2ccc(NC(=N)C3=C(NC)CCN(C(C)=O)C3)cc2)cc1. The Balaban J connectivity index is 1.72. The molecule has 0 atom stereocenters. The van der Waals surface area contributed by atoms with Crippen LogP contribution in [0, 0.1) is 5.41 Å². The molecule has 7 nitrogen and oxygen atoms in total. The average Bonchev–Trinajstić information content (AvgIpc) is 2.78. The highest BCUT2D eigenvalue weighted by Crippen LogP contribution is 2.23. The molecule has 0 spiro atoms. The number of carbonyl (C=O) groups is 2. The maximum atomic E-state index is 11.7. The lowest BCUT2D eigenvalue weighted by molar-refractivity contribution is -0.128. The maximum absolute atomic E-state index is 11.7. The molecule has 156 valence electrons. The van der Waals surface area contributed by atoms with Crippen LogP contribution >= 0.6 is 0 Å². The molecule has 2 aromatic carbocycles. The van der Waals surface area contributed by atoms with E-state index in [0.717, 1.165) is 28.1 Å². The first-order valence-electron chi connectivity index (χ1n) is 9.86. The van der Waals surface area contributed by atoms with Gasteiger partial charge in [-0.3, -0.25) is 15.0 Å². The second-order valence-corrected chi connectivity index (χ2v) is 7.13. The van der Waals surface area contributed by atoms with Crippen LogP contribution in [0.5, 0.6) is 0 Å². The first kappa shape index (κ1) is 21.1. The lowest BCUT2D eigenvalue weighted by atomic mass is 10.0. The third-order valence-corrected chi connectivity index (χ3v) is 5.26. The number of carbonyl (C=O) groups excluding carboxylic acids is 2. The highest BCUT2D eigenvalue weighted by molar-refractivity contribution is 6.07. The van der Waals surface area contributed by atoms with Crippen molar-refractivity contribution >= 4 is 23.3 Å². The molecule has 0 saturated carbocycles. The van der Waals surface area contributed by atoms with E-state index in [1.54, 1.807) is 31.0 Å². The summed E-state index contributed by atoms with van der Waals surface area (Å²) in [6, 6.07) is 15.2. The number of nitrogens with zero attached hydrogens (tertiary/aromatic N) is 1. The predicted octanol–water partition coefficient (Wildman–Crippen LogP) is 2.83. The summed E-state index contributed by atoms with van der Waals surface area (Å²) in [6.45, 7) is 2.64. The quantitative estimate of drug-likeness (QED) is 0.454. The smallest absolute Gasteiger partial charge is 0.251 e. The second-order valence-electron chi connectivity index (χ2n) is 7.13. The Morgan fingerprint density at radius 3 is 2.10 bits per heavy atom. The largest absolute Gasteiger partial charge is 0.391 e. The van der Waals surface area contributed by atoms with Crippen molar-refractivity contribution in [3.8, 4) is 11.1 Å². The lowest BCUT2D eigenvalue weighted by Gasteiger charge is -2.30. The van der Waals surface area contributed by atoms with E-state index < -0.39 is 0 Å². The Kier molecular flexibility index (Phi) is 6.51. The van der Waals surface area contributed by atoms with Crippen molar-refractivity contribution in [2.24, 2.45) is 0 Å². The Bertz CT molecular complexity index is 978. The highest BCUT2D eigenvalue weighted by Gasteiger charge is 2.23. The summed E-state index contributed by atoms with van der Waals surface area (Å²) >= 11 is 0. The number of hydrogen-bond acceptors (Lipinski definition) is 4. The zero-order valence-electron chi connectivity index (χ0n) is 17.5. The summed E-state index contributed by atoms with van der Waals surface area (Å²) in [4.78, 5) is 25.2. The van der Waals surface area contributed by atoms with Crippen molar-refractivity contribution < 1.29 is 9.59 Å². The molecule has 0 aliphatic carbocycles. The van der Waals surface area contributed by atoms with Gasteiger partial charge in [-0.2, -0.15) is 0 Å². The molecule has 0 aromatic heterocycles. The molecule has 2 aromatic rings. The van der Waals surface area contributed by atoms with Gasteiger partial charge in [-0.05, 0) is 35.4 Å². The van der Waals surface area contributed by atoms with E-state index in [2.05, 4.69) is 16.0 Å². The lowest BCUT2D eigenvalue weighted by Crippen LogP contribution is -2.40. The van der Waals surface area contributed by atoms with Gasteiger partial charge >= 0.3 is 0 Å². The molecule has 0 radical (unpaired) electrons. The van der Waals surface area contributed by atoms with Crippen molar-refractivity contribution in [2.45, 2.75) is 13.3 Å². The summed E-state index contributed by atoms with van der Waals surface area (Å²) in [5.74, 6) is 0.191. The van der Waals surface area contributed by atoms with Crippen LogP contribution in [0.3, 0.4) is 0 Å². The van der Waals surface area contributed by atoms with Crippen LogP contribution in [0.25, 0.3) is 11.1 Å². The van der Waals surface area contributed by atoms with E-state index in [4.69, 9.17) is 5.41 Å². The predicted molar refractivity (Wildman–Crippen MR) is 120 cm³/mol. The third-order valence-electron chi connectivity index (χ3n) is 5.26. The van der Waals surface area contributed by atoms with Crippen LogP contribution in [0.2, 0.25) is 0 Å². The van der Waals surface area contributed by atoms with Gasteiger partial charge in [0.15, 0.2) is 0 Å². The van der Waals surface area contributed by atoms with Gasteiger partial charge in [-0.1, -0.05) is 24.3 Å². The first-order chi connectivity index (χ1) is 14.4. The van der Waals surface area contributed by atoms with E-state index in [0.29, 0.717) is 25.1 Å². The van der Waals surface area contributed by atoms with Crippen LogP contribution in [0.4, 0.5) is 5.69 Å². The van der Waals surface area contributed by atoms with Gasteiger partial charge < -0.3 is 20.9 Å². The number of hydrogen-bond donors (Lipinski definition) is 4. The standard InChI is InChI=1S/C23H27N5O2/c1-15(29)28-13-12-21(25-2)20(14-28)22(24)27-19-10-8-17(9-11-19)16-4-6-18(7-5-16)23(30)26-3/h4-11,25H,12-14H2,1-3H3,(H2,24,27)(H,26,30). The van der Waals surface area contributed by atoms with Crippen LogP contribution in [0.15, 0.2) is 59.8 Å². The van der Waals surface area contributed by atoms with Gasteiger partial charge in [0.05, 0.1) is 6.54 Å². The third kappa shape index (κ3) is 4.68. The van der Waals surface area contributed by atoms with Crippen LogP contribution in [-0.4, -0.2) is 49.7 Å². The van der Waals surface area contributed by atoms with Gasteiger partial charge in [0, 0.05) is 56.5 Å². The van der Waals surface area contributed by atoms with E-state index >= 15 is 0 Å². The molecule has 30 heavy (non-hydrogen) atoms. The van der Waals surface area contributed by atoms with Gasteiger partial charge in [-0.25, -0.2) is 0 Å². The van der Waals surface area contributed by atoms with Gasteiger partial charge in [-0.15, -0.1) is 0 Å². The number of amides is 2. The number of benzene rings is 2. The van der Waals surface area contributed by atoms with E-state index in [1.807, 2.05) is 43.4 Å². The van der Waals surface area contributed by atoms with E-state index in [-0.39, 0.29) is 17.6 Å². The Hall–Kier alpha value is -3.61. The molecule has 0 fully saturated rings. The molecule has 7 heteroatoms. The number of anilines is 1. The molecular formula is C23H27N5O2. The minimum Gasteiger partial charge on any atom is -0.391 e. The molecule has 2 amide bonds.